The van der Waals surface area contributed by atoms with Gasteiger partial charge in [-0.1, -0.05) is 11.6 Å². The number of ether oxygens (including phenoxy) is 2. The summed E-state index contributed by atoms with van der Waals surface area (Å²) >= 11 is 6.14. The number of nitrogens with zero attached hydrogens (tertiary/aromatic N) is 1. The van der Waals surface area contributed by atoms with Crippen molar-refractivity contribution in [3.63, 3.8) is 0 Å². The molecule has 1 fully saturated rings. The minimum atomic E-state index is 0.0837. The highest BCUT2D eigenvalue weighted by Gasteiger charge is 2.34. The van der Waals surface area contributed by atoms with Gasteiger partial charge in [0.1, 0.15) is 10.8 Å². The molecular formula is C13H17ClN2O3. The maximum absolute atomic E-state index is 10.3. The second-order valence-corrected chi connectivity index (χ2v) is 5.53. The number of fused-ring (bicyclic) bond motifs is 1. The molecule has 5 nitrogen and oxygen atoms in total. The van der Waals surface area contributed by atoms with Crippen molar-refractivity contribution in [2.75, 3.05) is 26.9 Å². The topological polar surface area (TPSA) is 68.0 Å². The van der Waals surface area contributed by atoms with Crippen molar-refractivity contribution in [1.29, 1.82) is 0 Å². The second kappa shape index (κ2) is 4.74. The standard InChI is InChI=1S/C13H17ClN2O3/c1-16-5-7(4-15)2-9(16)8-3-10-13(19-6-18-10)11(14)12(8)17/h3,7,9,17H,2,4-6,15H2,1H3. The molecule has 2 aliphatic rings. The zero-order valence-corrected chi connectivity index (χ0v) is 11.5. The molecule has 2 atom stereocenters. The molecule has 6 heteroatoms. The highest BCUT2D eigenvalue weighted by atomic mass is 35.5. The fraction of sp³-hybridized carbons (Fsp3) is 0.538. The molecule has 0 aliphatic carbocycles. The lowest BCUT2D eigenvalue weighted by molar-refractivity contribution is 0.174. The first-order valence-electron chi connectivity index (χ1n) is 6.33. The first kappa shape index (κ1) is 12.8. The summed E-state index contributed by atoms with van der Waals surface area (Å²) in [6.45, 7) is 1.72. The highest BCUT2D eigenvalue weighted by molar-refractivity contribution is 6.34. The Balaban J connectivity index is 2.00. The Kier molecular flexibility index (Phi) is 3.20. The van der Waals surface area contributed by atoms with Crippen LogP contribution in [0.4, 0.5) is 0 Å². The van der Waals surface area contributed by atoms with Gasteiger partial charge in [0.15, 0.2) is 11.5 Å². The smallest absolute Gasteiger partial charge is 0.231 e. The fourth-order valence-electron chi connectivity index (χ4n) is 2.91. The molecule has 1 aromatic rings. The van der Waals surface area contributed by atoms with E-state index in [1.807, 2.05) is 13.1 Å². The van der Waals surface area contributed by atoms with Crippen LogP contribution < -0.4 is 15.2 Å². The van der Waals surface area contributed by atoms with Crippen molar-refractivity contribution in [1.82, 2.24) is 4.90 Å². The number of nitrogens with two attached hydrogens (primary N) is 1. The van der Waals surface area contributed by atoms with Crippen LogP contribution >= 0.6 is 11.6 Å². The van der Waals surface area contributed by atoms with Gasteiger partial charge in [0.05, 0.1) is 0 Å². The fourth-order valence-corrected chi connectivity index (χ4v) is 3.16. The van der Waals surface area contributed by atoms with Gasteiger partial charge in [-0.05, 0) is 32.0 Å². The van der Waals surface area contributed by atoms with Gasteiger partial charge < -0.3 is 20.3 Å². The van der Waals surface area contributed by atoms with E-state index in [4.69, 9.17) is 26.8 Å². The molecule has 1 saturated heterocycles. The second-order valence-electron chi connectivity index (χ2n) is 5.15. The average molecular weight is 285 g/mol. The van der Waals surface area contributed by atoms with Crippen LogP contribution in [0.15, 0.2) is 6.07 Å². The molecule has 2 aliphatic heterocycles. The number of benzene rings is 1. The Labute approximate surface area is 116 Å². The van der Waals surface area contributed by atoms with Gasteiger partial charge >= 0.3 is 0 Å². The molecule has 0 amide bonds. The molecule has 19 heavy (non-hydrogen) atoms. The normalized spacial score (nSPS) is 26.1. The molecule has 3 rings (SSSR count). The van der Waals surface area contributed by atoms with Gasteiger partial charge in [0.25, 0.3) is 0 Å². The third kappa shape index (κ3) is 2.02. The molecule has 0 aromatic heterocycles. The number of phenols is 1. The average Bonchev–Trinajstić information content (AvgIpc) is 3.00. The van der Waals surface area contributed by atoms with E-state index in [2.05, 4.69) is 4.90 Å². The van der Waals surface area contributed by atoms with Gasteiger partial charge in [-0.25, -0.2) is 0 Å². The van der Waals surface area contributed by atoms with E-state index < -0.39 is 0 Å². The van der Waals surface area contributed by atoms with Crippen LogP contribution in [0.25, 0.3) is 0 Å². The Hall–Kier alpha value is -1.17. The summed E-state index contributed by atoms with van der Waals surface area (Å²) in [5, 5.41) is 10.5. The number of halogens is 1. The van der Waals surface area contributed by atoms with Gasteiger partial charge in [-0.15, -0.1) is 0 Å². The number of hydrogen-bond acceptors (Lipinski definition) is 5. The predicted octanol–water partition coefficient (Wildman–Crippen LogP) is 1.73. The van der Waals surface area contributed by atoms with Crippen molar-refractivity contribution in [2.45, 2.75) is 12.5 Å². The molecule has 0 saturated carbocycles. The molecule has 0 spiro atoms. The summed E-state index contributed by atoms with van der Waals surface area (Å²) in [6, 6.07) is 1.93. The Morgan fingerprint density at radius 1 is 1.53 bits per heavy atom. The summed E-state index contributed by atoms with van der Waals surface area (Å²) in [4.78, 5) is 2.19. The number of phenolic OH excluding ortho intramolecular Hbond substituents is 1. The Bertz CT molecular complexity index is 509. The number of likely N-dealkylation sites (tertiary alicyclic amines) is 1. The molecule has 2 heterocycles. The van der Waals surface area contributed by atoms with Crippen LogP contribution in [0, 0.1) is 5.92 Å². The number of hydrogen-bond donors (Lipinski definition) is 2. The van der Waals surface area contributed by atoms with Crippen molar-refractivity contribution in [3.8, 4) is 17.2 Å². The van der Waals surface area contributed by atoms with Crippen LogP contribution in [0.2, 0.25) is 5.02 Å². The third-order valence-electron chi connectivity index (χ3n) is 3.94. The molecular weight excluding hydrogens is 268 g/mol. The summed E-state index contributed by atoms with van der Waals surface area (Å²) in [7, 11) is 2.03. The SMILES string of the molecule is CN1CC(CN)CC1c1cc2c(c(Cl)c1O)OCO2. The van der Waals surface area contributed by atoms with E-state index in [1.54, 1.807) is 0 Å². The monoisotopic (exact) mass is 284 g/mol. The number of aromatic hydroxyl groups is 1. The maximum Gasteiger partial charge on any atom is 0.231 e. The van der Waals surface area contributed by atoms with E-state index in [9.17, 15) is 5.11 Å². The van der Waals surface area contributed by atoms with Gasteiger partial charge in [-0.2, -0.15) is 0 Å². The molecule has 104 valence electrons. The van der Waals surface area contributed by atoms with Crippen LogP contribution in [-0.4, -0.2) is 36.9 Å². The lowest BCUT2D eigenvalue weighted by Crippen LogP contribution is -2.20. The van der Waals surface area contributed by atoms with E-state index in [0.717, 1.165) is 18.5 Å². The van der Waals surface area contributed by atoms with E-state index in [0.29, 0.717) is 24.0 Å². The maximum atomic E-state index is 10.3. The summed E-state index contributed by atoms with van der Waals surface area (Å²) in [6.07, 6.45) is 0.913. The van der Waals surface area contributed by atoms with Gasteiger partial charge in [0, 0.05) is 18.2 Å². The molecule has 2 unspecified atom stereocenters. The van der Waals surface area contributed by atoms with Crippen LogP contribution in [-0.2, 0) is 0 Å². The summed E-state index contributed by atoms with van der Waals surface area (Å²) < 4.78 is 10.6. The Morgan fingerprint density at radius 2 is 2.32 bits per heavy atom. The lowest BCUT2D eigenvalue weighted by Gasteiger charge is -2.21. The van der Waals surface area contributed by atoms with Crippen LogP contribution in [0.5, 0.6) is 17.2 Å². The minimum Gasteiger partial charge on any atom is -0.506 e. The van der Waals surface area contributed by atoms with Crippen LogP contribution in [0.3, 0.4) is 0 Å². The predicted molar refractivity (Wildman–Crippen MR) is 71.8 cm³/mol. The van der Waals surface area contributed by atoms with Crippen molar-refractivity contribution in [2.24, 2.45) is 11.7 Å². The molecule has 3 N–H and O–H groups in total. The minimum absolute atomic E-state index is 0.0837. The lowest BCUT2D eigenvalue weighted by atomic mass is 9.98. The van der Waals surface area contributed by atoms with Crippen LogP contribution in [0.1, 0.15) is 18.0 Å². The largest absolute Gasteiger partial charge is 0.506 e. The number of rotatable bonds is 2. The van der Waals surface area contributed by atoms with Gasteiger partial charge in [-0.3, -0.25) is 4.90 Å². The first-order chi connectivity index (χ1) is 9.11. The third-order valence-corrected chi connectivity index (χ3v) is 4.29. The van der Waals surface area contributed by atoms with E-state index in [-0.39, 0.29) is 23.6 Å². The Morgan fingerprint density at radius 3 is 3.00 bits per heavy atom. The van der Waals surface area contributed by atoms with Crippen molar-refractivity contribution < 1.29 is 14.6 Å². The first-order valence-corrected chi connectivity index (χ1v) is 6.71. The molecule has 0 radical (unpaired) electrons. The molecule has 0 bridgehead atoms. The van der Waals surface area contributed by atoms with Crippen molar-refractivity contribution >= 4 is 11.6 Å². The van der Waals surface area contributed by atoms with E-state index in [1.165, 1.54) is 0 Å². The quantitative estimate of drug-likeness (QED) is 0.866. The van der Waals surface area contributed by atoms with Crippen molar-refractivity contribution in [3.05, 3.63) is 16.7 Å². The summed E-state index contributed by atoms with van der Waals surface area (Å²) in [5.74, 6) is 1.56. The van der Waals surface area contributed by atoms with E-state index >= 15 is 0 Å². The molecule has 1 aromatic carbocycles. The zero-order chi connectivity index (χ0) is 13.6. The summed E-state index contributed by atoms with van der Waals surface area (Å²) in [5.41, 5.74) is 6.52. The zero-order valence-electron chi connectivity index (χ0n) is 10.7. The van der Waals surface area contributed by atoms with Gasteiger partial charge in [0.2, 0.25) is 6.79 Å². The highest BCUT2D eigenvalue weighted by Crippen LogP contribution is 2.50.